The van der Waals surface area contributed by atoms with Gasteiger partial charge in [-0.25, -0.2) is 0 Å². The quantitative estimate of drug-likeness (QED) is 0.712. The molecule has 23 heavy (non-hydrogen) atoms. The minimum Gasteiger partial charge on any atom is -0.493 e. The van der Waals surface area contributed by atoms with Crippen LogP contribution in [0.15, 0.2) is 42.6 Å². The third-order valence-electron chi connectivity index (χ3n) is 3.73. The van der Waals surface area contributed by atoms with Crippen LogP contribution < -0.4 is 14.2 Å². The van der Waals surface area contributed by atoms with Gasteiger partial charge in [-0.05, 0) is 46.8 Å². The van der Waals surface area contributed by atoms with E-state index in [0.717, 1.165) is 16.6 Å². The minimum atomic E-state index is 0.598. The number of nitrogens with one attached hydrogen (secondary N) is 1. The van der Waals surface area contributed by atoms with E-state index in [1.54, 1.807) is 21.3 Å². The highest BCUT2D eigenvalue weighted by Gasteiger charge is 2.11. The average molecular weight is 309 g/mol. The smallest absolute Gasteiger partial charge is 0.203 e. The maximum Gasteiger partial charge on any atom is 0.203 e. The number of aromatic amines is 1. The molecule has 118 valence electrons. The molecule has 2 aromatic carbocycles. The molecular weight excluding hydrogens is 290 g/mol. The van der Waals surface area contributed by atoms with Crippen molar-refractivity contribution >= 4 is 23.1 Å². The molecule has 0 aliphatic carbocycles. The molecule has 0 unspecified atom stereocenters. The van der Waals surface area contributed by atoms with Gasteiger partial charge in [0, 0.05) is 11.7 Å². The van der Waals surface area contributed by atoms with Gasteiger partial charge in [-0.15, -0.1) is 0 Å². The average Bonchev–Trinajstić information content (AvgIpc) is 3.06. The Hall–Kier alpha value is -2.88. The summed E-state index contributed by atoms with van der Waals surface area (Å²) in [7, 11) is 4.83. The van der Waals surface area contributed by atoms with Gasteiger partial charge in [0.05, 0.1) is 21.3 Å². The lowest BCUT2D eigenvalue weighted by Gasteiger charge is -2.12. The number of aromatic nitrogens is 1. The second-order valence-electron chi connectivity index (χ2n) is 5.12. The summed E-state index contributed by atoms with van der Waals surface area (Å²) in [6.45, 7) is 0. The number of benzene rings is 2. The van der Waals surface area contributed by atoms with E-state index >= 15 is 0 Å². The highest BCUT2D eigenvalue weighted by molar-refractivity contribution is 5.84. The second-order valence-corrected chi connectivity index (χ2v) is 5.12. The van der Waals surface area contributed by atoms with Gasteiger partial charge in [-0.1, -0.05) is 18.2 Å². The summed E-state index contributed by atoms with van der Waals surface area (Å²) >= 11 is 0. The van der Waals surface area contributed by atoms with Crippen molar-refractivity contribution in [2.45, 2.75) is 0 Å². The van der Waals surface area contributed by atoms with Crippen LogP contribution in [0.1, 0.15) is 11.1 Å². The van der Waals surface area contributed by atoms with Crippen LogP contribution in [-0.2, 0) is 0 Å². The summed E-state index contributed by atoms with van der Waals surface area (Å²) in [6, 6.07) is 12.2. The first-order valence-electron chi connectivity index (χ1n) is 7.30. The molecular formula is C19H19NO3. The molecule has 4 heteroatoms. The molecule has 0 aliphatic rings. The number of hydrogen-bond acceptors (Lipinski definition) is 3. The van der Waals surface area contributed by atoms with Crippen molar-refractivity contribution in [2.75, 3.05) is 21.3 Å². The summed E-state index contributed by atoms with van der Waals surface area (Å²) in [5.74, 6) is 1.89. The zero-order valence-electron chi connectivity index (χ0n) is 13.4. The zero-order valence-corrected chi connectivity index (χ0v) is 13.4. The zero-order chi connectivity index (χ0) is 16.2. The predicted molar refractivity (Wildman–Crippen MR) is 93.3 cm³/mol. The van der Waals surface area contributed by atoms with E-state index in [1.165, 1.54) is 5.39 Å². The van der Waals surface area contributed by atoms with Gasteiger partial charge in [0.25, 0.3) is 0 Å². The number of H-pyrrole nitrogens is 1. The van der Waals surface area contributed by atoms with E-state index in [-0.39, 0.29) is 0 Å². The van der Waals surface area contributed by atoms with E-state index in [9.17, 15) is 0 Å². The Bertz CT molecular complexity index is 824. The van der Waals surface area contributed by atoms with Gasteiger partial charge in [-0.2, -0.15) is 0 Å². The topological polar surface area (TPSA) is 43.5 Å². The van der Waals surface area contributed by atoms with Gasteiger partial charge < -0.3 is 19.2 Å². The van der Waals surface area contributed by atoms with Crippen LogP contribution in [-0.4, -0.2) is 26.3 Å². The Kier molecular flexibility index (Phi) is 4.24. The van der Waals surface area contributed by atoms with Crippen molar-refractivity contribution in [1.82, 2.24) is 4.98 Å². The molecule has 0 radical (unpaired) electrons. The molecule has 3 aromatic rings. The SMILES string of the molecule is COc1cc(/C=C/c2ccc3[nH]ccc3c2)cc(OC)c1OC. The first kappa shape index (κ1) is 15.0. The summed E-state index contributed by atoms with van der Waals surface area (Å²) in [5, 5.41) is 1.19. The van der Waals surface area contributed by atoms with Crippen molar-refractivity contribution in [3.8, 4) is 17.2 Å². The van der Waals surface area contributed by atoms with Crippen LogP contribution >= 0.6 is 0 Å². The standard InChI is InChI=1S/C19H19NO3/c1-21-17-11-14(12-18(22-2)19(17)23-3)5-4-13-6-7-16-15(10-13)8-9-20-16/h4-12,20H,1-3H3/b5-4+. The number of methoxy groups -OCH3 is 3. The van der Waals surface area contributed by atoms with E-state index in [4.69, 9.17) is 14.2 Å². The van der Waals surface area contributed by atoms with Gasteiger partial charge in [0.2, 0.25) is 5.75 Å². The number of ether oxygens (including phenoxy) is 3. The monoisotopic (exact) mass is 309 g/mol. The lowest BCUT2D eigenvalue weighted by Crippen LogP contribution is -1.95. The molecule has 0 spiro atoms. The van der Waals surface area contributed by atoms with Gasteiger partial charge in [0.1, 0.15) is 0 Å². The number of rotatable bonds is 5. The number of hydrogen-bond donors (Lipinski definition) is 1. The largest absolute Gasteiger partial charge is 0.493 e. The summed E-state index contributed by atoms with van der Waals surface area (Å²) in [6.07, 6.45) is 6.03. The molecule has 1 heterocycles. The molecule has 0 atom stereocenters. The maximum atomic E-state index is 5.38. The Balaban J connectivity index is 1.94. The third-order valence-corrected chi connectivity index (χ3v) is 3.73. The van der Waals surface area contributed by atoms with Crippen LogP contribution in [0.25, 0.3) is 23.1 Å². The molecule has 0 bridgehead atoms. The van der Waals surface area contributed by atoms with Crippen molar-refractivity contribution in [2.24, 2.45) is 0 Å². The summed E-state index contributed by atoms with van der Waals surface area (Å²) < 4.78 is 16.1. The molecule has 0 saturated heterocycles. The molecule has 1 N–H and O–H groups in total. The van der Waals surface area contributed by atoms with E-state index < -0.39 is 0 Å². The first-order valence-corrected chi connectivity index (χ1v) is 7.30. The van der Waals surface area contributed by atoms with Crippen LogP contribution in [0.5, 0.6) is 17.2 Å². The lowest BCUT2D eigenvalue weighted by atomic mass is 10.1. The number of fused-ring (bicyclic) bond motifs is 1. The van der Waals surface area contributed by atoms with Gasteiger partial charge in [0.15, 0.2) is 11.5 Å². The highest BCUT2D eigenvalue weighted by Crippen LogP contribution is 2.38. The Labute approximate surface area is 135 Å². The van der Waals surface area contributed by atoms with Crippen LogP contribution in [0, 0.1) is 0 Å². The fourth-order valence-corrected chi connectivity index (χ4v) is 2.57. The van der Waals surface area contributed by atoms with E-state index in [0.29, 0.717) is 17.2 Å². The van der Waals surface area contributed by atoms with Crippen molar-refractivity contribution in [3.05, 3.63) is 53.7 Å². The lowest BCUT2D eigenvalue weighted by molar-refractivity contribution is 0.324. The molecule has 0 saturated carbocycles. The van der Waals surface area contributed by atoms with Gasteiger partial charge in [-0.3, -0.25) is 0 Å². The second kappa shape index (κ2) is 6.48. The molecule has 0 aliphatic heterocycles. The maximum absolute atomic E-state index is 5.38. The predicted octanol–water partition coefficient (Wildman–Crippen LogP) is 4.36. The van der Waals surface area contributed by atoms with Crippen LogP contribution in [0.3, 0.4) is 0 Å². The fraction of sp³-hybridized carbons (Fsp3) is 0.158. The third kappa shape index (κ3) is 3.01. The van der Waals surface area contributed by atoms with Crippen LogP contribution in [0.4, 0.5) is 0 Å². The normalized spacial score (nSPS) is 11.1. The highest BCUT2D eigenvalue weighted by atomic mass is 16.5. The molecule has 0 fully saturated rings. The summed E-state index contributed by atoms with van der Waals surface area (Å²) in [4.78, 5) is 3.19. The molecule has 0 amide bonds. The molecule has 3 rings (SSSR count). The van der Waals surface area contributed by atoms with E-state index in [2.05, 4.69) is 35.3 Å². The molecule has 4 nitrogen and oxygen atoms in total. The van der Waals surface area contributed by atoms with Crippen molar-refractivity contribution in [1.29, 1.82) is 0 Å². The van der Waals surface area contributed by atoms with E-state index in [1.807, 2.05) is 24.4 Å². The Morgan fingerprint density at radius 1 is 0.783 bits per heavy atom. The minimum absolute atomic E-state index is 0.598. The summed E-state index contributed by atoms with van der Waals surface area (Å²) in [5.41, 5.74) is 3.24. The Morgan fingerprint density at radius 2 is 1.48 bits per heavy atom. The van der Waals surface area contributed by atoms with Crippen molar-refractivity contribution in [3.63, 3.8) is 0 Å². The van der Waals surface area contributed by atoms with Gasteiger partial charge >= 0.3 is 0 Å². The molecule has 1 aromatic heterocycles. The fourth-order valence-electron chi connectivity index (χ4n) is 2.57. The first-order chi connectivity index (χ1) is 11.2. The van der Waals surface area contributed by atoms with Crippen LogP contribution in [0.2, 0.25) is 0 Å². The van der Waals surface area contributed by atoms with Crippen molar-refractivity contribution < 1.29 is 14.2 Å². The Morgan fingerprint density at radius 3 is 2.13 bits per heavy atom.